The molecule has 1 fully saturated rings. The lowest BCUT2D eigenvalue weighted by molar-refractivity contribution is 0.642. The van der Waals surface area contributed by atoms with E-state index in [0.717, 1.165) is 37.8 Å². The van der Waals surface area contributed by atoms with Gasteiger partial charge in [0.2, 0.25) is 0 Å². The maximum Gasteiger partial charge on any atom is 0.147 e. The van der Waals surface area contributed by atoms with Gasteiger partial charge in [0.1, 0.15) is 11.6 Å². The summed E-state index contributed by atoms with van der Waals surface area (Å²) in [4.78, 5) is 13.1. The van der Waals surface area contributed by atoms with Crippen molar-refractivity contribution in [2.75, 3.05) is 36.0 Å². The van der Waals surface area contributed by atoms with Crippen molar-refractivity contribution >= 4 is 47.2 Å². The van der Waals surface area contributed by atoms with Crippen LogP contribution in [0.25, 0.3) is 0 Å². The molecule has 1 saturated heterocycles. The monoisotopic (exact) mass is 344 g/mol. The molecule has 3 heterocycles. The SMILES string of the molecule is Cl.Clc1cccnc1N1CCN(c2ncccc2Cl)CC1. The van der Waals surface area contributed by atoms with Gasteiger partial charge in [-0.1, -0.05) is 23.2 Å². The molecule has 1 aliphatic rings. The van der Waals surface area contributed by atoms with E-state index in [4.69, 9.17) is 23.2 Å². The first kappa shape index (κ1) is 16.1. The van der Waals surface area contributed by atoms with Crippen LogP contribution in [0.15, 0.2) is 36.7 Å². The molecule has 0 bridgehead atoms. The summed E-state index contributed by atoms with van der Waals surface area (Å²) in [6, 6.07) is 7.42. The zero-order valence-electron chi connectivity index (χ0n) is 11.2. The van der Waals surface area contributed by atoms with E-state index in [0.29, 0.717) is 10.0 Å². The Balaban J connectivity index is 0.00000161. The van der Waals surface area contributed by atoms with Crippen LogP contribution in [-0.4, -0.2) is 36.1 Å². The molecule has 21 heavy (non-hydrogen) atoms. The van der Waals surface area contributed by atoms with Crippen molar-refractivity contribution in [2.24, 2.45) is 0 Å². The van der Waals surface area contributed by atoms with Crippen LogP contribution >= 0.6 is 35.6 Å². The van der Waals surface area contributed by atoms with Crippen molar-refractivity contribution in [2.45, 2.75) is 0 Å². The highest BCUT2D eigenvalue weighted by Gasteiger charge is 2.21. The van der Waals surface area contributed by atoms with E-state index >= 15 is 0 Å². The van der Waals surface area contributed by atoms with Crippen LogP contribution in [0.2, 0.25) is 10.0 Å². The fraction of sp³-hybridized carbons (Fsp3) is 0.286. The number of anilines is 2. The lowest BCUT2D eigenvalue weighted by Gasteiger charge is -2.36. The number of aromatic nitrogens is 2. The van der Waals surface area contributed by atoms with Crippen LogP contribution < -0.4 is 9.80 Å². The van der Waals surface area contributed by atoms with Crippen molar-refractivity contribution in [1.29, 1.82) is 0 Å². The van der Waals surface area contributed by atoms with Crippen molar-refractivity contribution in [3.8, 4) is 0 Å². The van der Waals surface area contributed by atoms with Gasteiger partial charge in [0, 0.05) is 38.6 Å². The van der Waals surface area contributed by atoms with E-state index in [9.17, 15) is 0 Å². The predicted molar refractivity (Wildman–Crippen MR) is 90.2 cm³/mol. The highest BCUT2D eigenvalue weighted by Crippen LogP contribution is 2.26. The number of halogens is 3. The van der Waals surface area contributed by atoms with Crippen molar-refractivity contribution in [3.05, 3.63) is 46.7 Å². The second kappa shape index (κ2) is 7.16. The van der Waals surface area contributed by atoms with Gasteiger partial charge in [-0.3, -0.25) is 0 Å². The van der Waals surface area contributed by atoms with Crippen LogP contribution in [0.4, 0.5) is 11.6 Å². The van der Waals surface area contributed by atoms with Gasteiger partial charge in [0.15, 0.2) is 0 Å². The fourth-order valence-electron chi connectivity index (χ4n) is 2.35. The molecule has 0 atom stereocenters. The highest BCUT2D eigenvalue weighted by atomic mass is 35.5. The van der Waals surface area contributed by atoms with Gasteiger partial charge in [0.05, 0.1) is 10.0 Å². The number of hydrogen-bond acceptors (Lipinski definition) is 4. The number of piperazine rings is 1. The minimum atomic E-state index is 0. The number of nitrogens with zero attached hydrogens (tertiary/aromatic N) is 4. The van der Waals surface area contributed by atoms with Crippen LogP contribution in [0, 0.1) is 0 Å². The standard InChI is InChI=1S/C14H14Cl2N4.ClH/c15-11-3-1-5-17-13(11)19-7-9-20(10-8-19)14-12(16)4-2-6-18-14;/h1-6H,7-10H2;1H. The number of pyridine rings is 2. The predicted octanol–water partition coefficient (Wildman–Crippen LogP) is 3.53. The Morgan fingerprint density at radius 1 is 0.762 bits per heavy atom. The molecule has 0 N–H and O–H groups in total. The first-order chi connectivity index (χ1) is 9.75. The average Bonchev–Trinajstić information content (AvgIpc) is 2.49. The third-order valence-corrected chi connectivity index (χ3v) is 3.95. The van der Waals surface area contributed by atoms with Gasteiger partial charge in [-0.2, -0.15) is 0 Å². The Morgan fingerprint density at radius 3 is 1.48 bits per heavy atom. The van der Waals surface area contributed by atoms with Crippen LogP contribution in [-0.2, 0) is 0 Å². The van der Waals surface area contributed by atoms with Gasteiger partial charge in [-0.15, -0.1) is 12.4 Å². The number of rotatable bonds is 2. The second-order valence-electron chi connectivity index (χ2n) is 4.59. The van der Waals surface area contributed by atoms with Gasteiger partial charge < -0.3 is 9.80 Å². The molecule has 112 valence electrons. The maximum absolute atomic E-state index is 6.18. The first-order valence-corrected chi connectivity index (χ1v) is 7.22. The minimum Gasteiger partial charge on any atom is -0.352 e. The van der Waals surface area contributed by atoms with Crippen molar-refractivity contribution in [1.82, 2.24) is 9.97 Å². The Kier molecular flexibility index (Phi) is 5.51. The molecule has 2 aromatic rings. The van der Waals surface area contributed by atoms with E-state index in [2.05, 4.69) is 19.8 Å². The van der Waals surface area contributed by atoms with E-state index < -0.39 is 0 Å². The summed E-state index contributed by atoms with van der Waals surface area (Å²) in [7, 11) is 0. The Hall–Kier alpha value is -1.23. The summed E-state index contributed by atoms with van der Waals surface area (Å²) in [5.41, 5.74) is 0. The van der Waals surface area contributed by atoms with Gasteiger partial charge >= 0.3 is 0 Å². The summed E-state index contributed by atoms with van der Waals surface area (Å²) in [5, 5.41) is 1.38. The largest absolute Gasteiger partial charge is 0.352 e. The summed E-state index contributed by atoms with van der Waals surface area (Å²) in [6.45, 7) is 3.40. The van der Waals surface area contributed by atoms with Crippen LogP contribution in [0.5, 0.6) is 0 Å². The highest BCUT2D eigenvalue weighted by molar-refractivity contribution is 6.33. The van der Waals surface area contributed by atoms with Gasteiger partial charge in [0.25, 0.3) is 0 Å². The molecule has 0 radical (unpaired) electrons. The molecule has 0 unspecified atom stereocenters. The van der Waals surface area contributed by atoms with Gasteiger partial charge in [-0.05, 0) is 24.3 Å². The van der Waals surface area contributed by atoms with Gasteiger partial charge in [-0.25, -0.2) is 9.97 Å². The van der Waals surface area contributed by atoms with Crippen molar-refractivity contribution < 1.29 is 0 Å². The minimum absolute atomic E-state index is 0. The Labute approximate surface area is 140 Å². The quantitative estimate of drug-likeness (QED) is 0.833. The lowest BCUT2D eigenvalue weighted by atomic mass is 10.3. The van der Waals surface area contributed by atoms with Crippen LogP contribution in [0.1, 0.15) is 0 Å². The topological polar surface area (TPSA) is 32.3 Å². The van der Waals surface area contributed by atoms with Crippen LogP contribution in [0.3, 0.4) is 0 Å². The van der Waals surface area contributed by atoms with E-state index in [1.54, 1.807) is 12.4 Å². The zero-order valence-corrected chi connectivity index (χ0v) is 13.6. The average molecular weight is 346 g/mol. The Bertz CT molecular complexity index is 547. The second-order valence-corrected chi connectivity index (χ2v) is 5.41. The molecule has 0 aromatic carbocycles. The third kappa shape index (κ3) is 3.51. The van der Waals surface area contributed by atoms with E-state index in [1.165, 1.54) is 0 Å². The fourth-order valence-corrected chi connectivity index (χ4v) is 2.83. The molecule has 2 aromatic heterocycles. The molecular weight excluding hydrogens is 331 g/mol. The van der Waals surface area contributed by atoms with E-state index in [1.807, 2.05) is 24.3 Å². The molecule has 0 saturated carbocycles. The summed E-state index contributed by atoms with van der Waals surface area (Å²) >= 11 is 12.4. The lowest BCUT2D eigenvalue weighted by Crippen LogP contribution is -2.47. The zero-order chi connectivity index (χ0) is 13.9. The third-order valence-electron chi connectivity index (χ3n) is 3.36. The molecule has 4 nitrogen and oxygen atoms in total. The maximum atomic E-state index is 6.18. The summed E-state index contributed by atoms with van der Waals surface area (Å²) in [5.74, 6) is 1.70. The molecular formula is C14H15Cl3N4. The summed E-state index contributed by atoms with van der Waals surface area (Å²) in [6.07, 6.45) is 3.53. The van der Waals surface area contributed by atoms with Crippen molar-refractivity contribution in [3.63, 3.8) is 0 Å². The summed E-state index contributed by atoms with van der Waals surface area (Å²) < 4.78 is 0. The molecule has 0 aliphatic carbocycles. The Morgan fingerprint density at radius 2 is 1.14 bits per heavy atom. The molecule has 7 heteroatoms. The normalized spacial score (nSPS) is 14.8. The molecule has 1 aliphatic heterocycles. The first-order valence-electron chi connectivity index (χ1n) is 6.46. The molecule has 0 spiro atoms. The number of hydrogen-bond donors (Lipinski definition) is 0. The smallest absolute Gasteiger partial charge is 0.147 e. The van der Waals surface area contributed by atoms with E-state index in [-0.39, 0.29) is 12.4 Å². The molecule has 3 rings (SSSR count). The molecule has 0 amide bonds.